The lowest BCUT2D eigenvalue weighted by Gasteiger charge is -2.34. The average Bonchev–Trinajstić information content (AvgIpc) is 3.80. The first-order chi connectivity index (χ1) is 25.8. The molecule has 0 unspecified atom stereocenters. The molecule has 11 N–H and O–H groups in total. The molecule has 18 nitrogen and oxygen atoms in total. The quantitative estimate of drug-likeness (QED) is 0.0622. The number of aliphatic carboxylic acids is 1. The number of nitrogens with zero attached hydrogens (tertiary/aromatic N) is 2. The lowest BCUT2D eigenvalue weighted by molar-refractivity contribution is -0.146. The number of hydrogen-bond acceptors (Lipinski definition) is 10. The van der Waals surface area contributed by atoms with E-state index in [2.05, 4.69) is 21.3 Å². The molecule has 0 spiro atoms. The van der Waals surface area contributed by atoms with Gasteiger partial charge in [0.2, 0.25) is 41.4 Å². The van der Waals surface area contributed by atoms with Gasteiger partial charge in [-0.1, -0.05) is 48.0 Å². The molecule has 0 aliphatic carbocycles. The summed E-state index contributed by atoms with van der Waals surface area (Å²) in [6.45, 7) is 11.7. The van der Waals surface area contributed by atoms with Gasteiger partial charge in [-0.15, -0.1) is 0 Å². The highest BCUT2D eigenvalue weighted by Crippen LogP contribution is 2.24. The third kappa shape index (κ3) is 14.0. The molecule has 18 heteroatoms. The normalized spacial score (nSPS) is 19.8. The second kappa shape index (κ2) is 22.3. The Kier molecular flexibility index (Phi) is 19.0. The van der Waals surface area contributed by atoms with Gasteiger partial charge in [0.05, 0.1) is 6.04 Å². The van der Waals surface area contributed by atoms with Crippen LogP contribution in [-0.4, -0.2) is 124 Å². The molecular weight excluding hydrogens is 714 g/mol. The average molecular weight is 780 g/mol. The van der Waals surface area contributed by atoms with Crippen molar-refractivity contribution in [1.29, 1.82) is 0 Å². The highest BCUT2D eigenvalue weighted by atomic mass is 16.4. The molecule has 0 saturated carbocycles. The number of hydrogen-bond donors (Lipinski definition) is 8. The zero-order valence-electron chi connectivity index (χ0n) is 33.3. The minimum absolute atomic E-state index is 0.0188. The van der Waals surface area contributed by atoms with Crippen LogP contribution in [0.3, 0.4) is 0 Å². The summed E-state index contributed by atoms with van der Waals surface area (Å²) in [5, 5.41) is 20.4. The van der Waals surface area contributed by atoms with Gasteiger partial charge in [0.1, 0.15) is 36.3 Å². The van der Waals surface area contributed by atoms with Crippen molar-refractivity contribution in [3.63, 3.8) is 0 Å². The van der Waals surface area contributed by atoms with Crippen molar-refractivity contribution in [1.82, 2.24) is 31.1 Å². The van der Waals surface area contributed by atoms with Crippen molar-refractivity contribution in [3.8, 4) is 0 Å². The fourth-order valence-corrected chi connectivity index (χ4v) is 6.95. The maximum Gasteiger partial charge on any atom is 0.326 e. The Hall–Kier alpha value is -4.32. The Morgan fingerprint density at radius 1 is 0.691 bits per heavy atom. The van der Waals surface area contributed by atoms with E-state index in [0.29, 0.717) is 45.1 Å². The fourth-order valence-electron chi connectivity index (χ4n) is 6.95. The zero-order chi connectivity index (χ0) is 41.6. The van der Waals surface area contributed by atoms with Crippen LogP contribution in [0.2, 0.25) is 0 Å². The van der Waals surface area contributed by atoms with Crippen molar-refractivity contribution in [2.75, 3.05) is 19.6 Å². The molecule has 0 aromatic carbocycles. The molecule has 2 fully saturated rings. The first-order valence-corrected chi connectivity index (χ1v) is 19.6. The predicted octanol–water partition coefficient (Wildman–Crippen LogP) is -0.928. The summed E-state index contributed by atoms with van der Waals surface area (Å²) in [6, 6.07) is -7.15. The monoisotopic (exact) mass is 779 g/mol. The number of likely N-dealkylation sites (tertiary alicyclic amines) is 2. The van der Waals surface area contributed by atoms with Gasteiger partial charge in [-0.2, -0.15) is 0 Å². The summed E-state index contributed by atoms with van der Waals surface area (Å²) >= 11 is 0. The van der Waals surface area contributed by atoms with Crippen LogP contribution in [0, 0.1) is 17.8 Å². The number of amides is 7. The number of carboxylic acid groups (broad SMARTS) is 1. The van der Waals surface area contributed by atoms with E-state index in [1.807, 2.05) is 13.8 Å². The Morgan fingerprint density at radius 3 is 1.73 bits per heavy atom. The molecule has 2 aliphatic heterocycles. The van der Waals surface area contributed by atoms with Crippen LogP contribution in [0.5, 0.6) is 0 Å². The van der Waals surface area contributed by atoms with Crippen LogP contribution >= 0.6 is 0 Å². The molecule has 0 aromatic rings. The minimum atomic E-state index is -1.38. The maximum atomic E-state index is 14.1. The van der Waals surface area contributed by atoms with Crippen LogP contribution in [0.1, 0.15) is 106 Å². The molecule has 0 aromatic heterocycles. The Morgan fingerprint density at radius 2 is 1.24 bits per heavy atom. The zero-order valence-corrected chi connectivity index (χ0v) is 33.3. The van der Waals surface area contributed by atoms with Gasteiger partial charge in [-0.3, -0.25) is 33.6 Å². The minimum Gasteiger partial charge on any atom is -0.480 e. The van der Waals surface area contributed by atoms with Crippen LogP contribution < -0.4 is 38.5 Å². The first-order valence-electron chi connectivity index (χ1n) is 19.6. The number of carbonyl (C=O) groups is 8. The van der Waals surface area contributed by atoms with E-state index in [9.17, 15) is 43.5 Å². The molecular formula is C37H65N9O9. The third-order valence-electron chi connectivity index (χ3n) is 10.1. The van der Waals surface area contributed by atoms with E-state index in [4.69, 9.17) is 17.2 Å². The number of carbonyl (C=O) groups excluding carboxylic acids is 7. The Labute approximate surface area is 324 Å². The summed E-state index contributed by atoms with van der Waals surface area (Å²) in [4.78, 5) is 107. The van der Waals surface area contributed by atoms with Gasteiger partial charge in [-0.25, -0.2) is 4.79 Å². The van der Waals surface area contributed by atoms with E-state index < -0.39 is 95.5 Å². The van der Waals surface area contributed by atoms with Crippen LogP contribution in [0.25, 0.3) is 0 Å². The molecule has 7 atom stereocenters. The molecule has 2 saturated heterocycles. The molecule has 2 rings (SSSR count). The number of nitrogens with two attached hydrogens (primary N) is 3. The van der Waals surface area contributed by atoms with E-state index in [0.717, 1.165) is 0 Å². The second-order valence-electron chi connectivity index (χ2n) is 15.8. The van der Waals surface area contributed by atoms with Crippen LogP contribution in [0.4, 0.5) is 0 Å². The summed E-state index contributed by atoms with van der Waals surface area (Å²) in [5.74, 6) is -6.07. The van der Waals surface area contributed by atoms with Crippen molar-refractivity contribution in [3.05, 3.63) is 0 Å². The largest absolute Gasteiger partial charge is 0.480 e. The summed E-state index contributed by atoms with van der Waals surface area (Å²) in [7, 11) is 0. The maximum absolute atomic E-state index is 14.1. The molecule has 0 radical (unpaired) electrons. The molecule has 2 aliphatic rings. The van der Waals surface area contributed by atoms with Gasteiger partial charge in [-0.05, 0) is 75.7 Å². The van der Waals surface area contributed by atoms with E-state index in [-0.39, 0.29) is 50.6 Å². The number of carboxylic acids is 1. The first kappa shape index (κ1) is 46.8. The van der Waals surface area contributed by atoms with Gasteiger partial charge in [0, 0.05) is 19.5 Å². The molecule has 55 heavy (non-hydrogen) atoms. The van der Waals surface area contributed by atoms with Gasteiger partial charge in [0.15, 0.2) is 0 Å². The van der Waals surface area contributed by atoms with Crippen molar-refractivity contribution in [2.45, 2.75) is 148 Å². The van der Waals surface area contributed by atoms with Crippen molar-refractivity contribution < 1.29 is 43.5 Å². The molecule has 7 amide bonds. The van der Waals surface area contributed by atoms with E-state index in [1.54, 1.807) is 27.7 Å². The highest BCUT2D eigenvalue weighted by molar-refractivity contribution is 5.97. The molecule has 2 heterocycles. The van der Waals surface area contributed by atoms with E-state index in [1.165, 1.54) is 9.80 Å². The van der Waals surface area contributed by atoms with Gasteiger partial charge in [0.25, 0.3) is 0 Å². The SMILES string of the molecule is CC(C)C[C@H](NC(=O)[C@@H](NC(=O)[C@@H](N)CCCCN)C(C)C)C(=O)N1CCC[C@H]1C(=O)N[C@H](C(=O)N1CCC[C@H]1C(=O)N[C@@H](CCC(N)=O)C(=O)O)C(C)C. The third-order valence-corrected chi connectivity index (χ3v) is 10.1. The lowest BCUT2D eigenvalue weighted by Crippen LogP contribution is -2.60. The summed E-state index contributed by atoms with van der Waals surface area (Å²) < 4.78 is 0. The molecule has 312 valence electrons. The standard InChI is InChI=1S/C37H65N9O9/c1-20(2)19-25(42-34(51)29(21(3)4)43-31(48)23(39)11-7-8-16-38)35(52)45-17-9-13-27(45)33(50)44-30(22(5)6)36(53)46-18-10-12-26(46)32(49)41-24(37(54)55)14-15-28(40)47/h20-27,29-30H,7-19,38-39H2,1-6H3,(H2,40,47)(H,41,49)(H,42,51)(H,43,48)(H,44,50)(H,54,55)/t23-,24-,25-,26-,27-,29-,30-/m0/s1. The highest BCUT2D eigenvalue weighted by Gasteiger charge is 2.43. The van der Waals surface area contributed by atoms with Crippen LogP contribution in [0.15, 0.2) is 0 Å². The van der Waals surface area contributed by atoms with Gasteiger partial charge >= 0.3 is 5.97 Å². The van der Waals surface area contributed by atoms with Crippen LogP contribution in [-0.2, 0) is 38.4 Å². The second-order valence-corrected chi connectivity index (χ2v) is 15.8. The van der Waals surface area contributed by atoms with Gasteiger partial charge < -0.3 is 53.4 Å². The summed E-state index contributed by atoms with van der Waals surface area (Å²) in [6.07, 6.45) is 3.17. The predicted molar refractivity (Wildman–Crippen MR) is 203 cm³/mol. The van der Waals surface area contributed by atoms with Crippen molar-refractivity contribution in [2.24, 2.45) is 35.0 Å². The topological polar surface area (TPSA) is 289 Å². The smallest absolute Gasteiger partial charge is 0.326 e. The summed E-state index contributed by atoms with van der Waals surface area (Å²) in [5.41, 5.74) is 16.8. The number of unbranched alkanes of at least 4 members (excludes halogenated alkanes) is 1. The fraction of sp³-hybridized carbons (Fsp3) is 0.784. The Balaban J connectivity index is 2.20. The van der Waals surface area contributed by atoms with Crippen molar-refractivity contribution >= 4 is 47.3 Å². The lowest BCUT2D eigenvalue weighted by atomic mass is 9.98. The van der Waals surface area contributed by atoms with E-state index >= 15 is 0 Å². The molecule has 0 bridgehead atoms. The Bertz CT molecular complexity index is 1380. The number of nitrogens with one attached hydrogen (secondary N) is 4. The number of rotatable bonds is 22. The number of primary amides is 1.